The van der Waals surface area contributed by atoms with Gasteiger partial charge in [0.2, 0.25) is 5.91 Å². The molecule has 2 amide bonds. The molecule has 0 bridgehead atoms. The van der Waals surface area contributed by atoms with Crippen LogP contribution in [0.3, 0.4) is 0 Å². The normalized spacial score (nSPS) is 11.9. The third-order valence-electron chi connectivity index (χ3n) is 3.68. The second-order valence-electron chi connectivity index (χ2n) is 5.46. The maximum Gasteiger partial charge on any atom is 0.251 e. The van der Waals surface area contributed by atoms with Gasteiger partial charge in [0.05, 0.1) is 18.2 Å². The second-order valence-corrected chi connectivity index (χ2v) is 7.35. The van der Waals surface area contributed by atoms with Gasteiger partial charge in [-0.2, -0.15) is 0 Å². The fraction of sp³-hybridized carbons (Fsp3) is 0.111. The van der Waals surface area contributed by atoms with Crippen LogP contribution in [0.25, 0.3) is 0 Å². The van der Waals surface area contributed by atoms with E-state index in [1.807, 2.05) is 17.5 Å². The van der Waals surface area contributed by atoms with Gasteiger partial charge < -0.3 is 11.1 Å². The van der Waals surface area contributed by atoms with E-state index >= 15 is 0 Å². The van der Waals surface area contributed by atoms with Crippen molar-refractivity contribution < 1.29 is 14.0 Å². The first-order chi connectivity index (χ1) is 12.5. The smallest absolute Gasteiger partial charge is 0.251 e. The molecule has 0 radical (unpaired) electrons. The molecule has 2 heterocycles. The van der Waals surface area contributed by atoms with E-state index < -0.39 is 5.91 Å². The monoisotopic (exact) mass is 389 g/mol. The number of amides is 2. The highest BCUT2D eigenvalue weighted by atomic mass is 32.1. The lowest BCUT2D eigenvalue weighted by Crippen LogP contribution is -2.31. The Hall–Kier alpha value is -2.55. The molecular weight excluding hydrogens is 373 g/mol. The molecule has 0 aliphatic heterocycles. The van der Waals surface area contributed by atoms with Crippen molar-refractivity contribution in [2.45, 2.75) is 6.04 Å². The zero-order valence-electron chi connectivity index (χ0n) is 13.6. The van der Waals surface area contributed by atoms with Crippen LogP contribution in [-0.2, 0) is 4.79 Å². The van der Waals surface area contributed by atoms with E-state index in [4.69, 9.17) is 5.73 Å². The number of anilines is 1. The molecular formula is C18H16FN3O2S2. The minimum absolute atomic E-state index is 0.0239. The first-order valence-electron chi connectivity index (χ1n) is 7.74. The van der Waals surface area contributed by atoms with Gasteiger partial charge in [-0.15, -0.1) is 22.7 Å². The average molecular weight is 389 g/mol. The molecule has 8 heteroatoms. The van der Waals surface area contributed by atoms with Crippen LogP contribution in [0.5, 0.6) is 0 Å². The predicted octanol–water partition coefficient (Wildman–Crippen LogP) is 3.37. The van der Waals surface area contributed by atoms with E-state index in [0.29, 0.717) is 5.00 Å². The molecule has 4 N–H and O–H groups in total. The quantitative estimate of drug-likeness (QED) is 0.579. The zero-order chi connectivity index (χ0) is 18.5. The summed E-state index contributed by atoms with van der Waals surface area (Å²) in [5.41, 5.74) is 6.43. The maximum absolute atomic E-state index is 13.2. The van der Waals surface area contributed by atoms with Crippen LogP contribution in [0.15, 0.2) is 53.2 Å². The molecule has 0 aliphatic carbocycles. The summed E-state index contributed by atoms with van der Waals surface area (Å²) in [5.74, 6) is -1.19. The molecule has 0 unspecified atom stereocenters. The molecule has 0 saturated heterocycles. The zero-order valence-corrected chi connectivity index (χ0v) is 15.2. The molecule has 1 atom stereocenters. The van der Waals surface area contributed by atoms with E-state index in [2.05, 4.69) is 10.6 Å². The van der Waals surface area contributed by atoms with Crippen molar-refractivity contribution in [1.82, 2.24) is 5.32 Å². The van der Waals surface area contributed by atoms with E-state index in [9.17, 15) is 14.0 Å². The van der Waals surface area contributed by atoms with E-state index in [0.717, 1.165) is 10.4 Å². The third-order valence-corrected chi connectivity index (χ3v) is 5.45. The topological polar surface area (TPSA) is 84.2 Å². The van der Waals surface area contributed by atoms with Gasteiger partial charge in [0.15, 0.2) is 0 Å². The number of thiophene rings is 2. The molecule has 5 nitrogen and oxygen atoms in total. The lowest BCUT2D eigenvalue weighted by Gasteiger charge is -2.18. The number of hydrogen-bond acceptors (Lipinski definition) is 5. The van der Waals surface area contributed by atoms with E-state index in [-0.39, 0.29) is 29.9 Å². The molecule has 26 heavy (non-hydrogen) atoms. The van der Waals surface area contributed by atoms with Crippen molar-refractivity contribution in [3.63, 3.8) is 0 Å². The van der Waals surface area contributed by atoms with Crippen LogP contribution in [0.2, 0.25) is 0 Å². The van der Waals surface area contributed by atoms with Crippen LogP contribution < -0.4 is 16.4 Å². The third kappa shape index (κ3) is 4.34. The first-order valence-corrected chi connectivity index (χ1v) is 9.50. The number of carbonyl (C=O) groups is 2. The van der Waals surface area contributed by atoms with Gasteiger partial charge in [-0.3, -0.25) is 14.9 Å². The van der Waals surface area contributed by atoms with Crippen LogP contribution in [0.1, 0.15) is 26.8 Å². The summed E-state index contributed by atoms with van der Waals surface area (Å²) in [6.45, 7) is 0.0239. The van der Waals surface area contributed by atoms with Crippen LogP contribution in [-0.4, -0.2) is 18.4 Å². The maximum atomic E-state index is 13.2. The number of carbonyl (C=O) groups excluding carboxylic acids is 2. The van der Waals surface area contributed by atoms with Crippen LogP contribution in [0.4, 0.5) is 9.39 Å². The summed E-state index contributed by atoms with van der Waals surface area (Å²) in [6.07, 6.45) is 0. The van der Waals surface area contributed by atoms with Crippen molar-refractivity contribution in [3.8, 4) is 0 Å². The van der Waals surface area contributed by atoms with Gasteiger partial charge in [-0.1, -0.05) is 18.2 Å². The van der Waals surface area contributed by atoms with Crippen LogP contribution >= 0.6 is 22.7 Å². The Morgan fingerprint density at radius 1 is 1.08 bits per heavy atom. The van der Waals surface area contributed by atoms with Gasteiger partial charge in [-0.05, 0) is 40.6 Å². The summed E-state index contributed by atoms with van der Waals surface area (Å²) < 4.78 is 13.2. The SMILES string of the molecule is NC(=O)c1ccsc1NC(=O)CN[C@@H](c1ccc(F)cc1)c1cccs1. The number of halogens is 1. The molecule has 134 valence electrons. The van der Waals surface area contributed by atoms with Gasteiger partial charge in [-0.25, -0.2) is 4.39 Å². The Morgan fingerprint density at radius 3 is 2.50 bits per heavy atom. The molecule has 2 aromatic heterocycles. The van der Waals surface area contributed by atoms with Crippen molar-refractivity contribution in [3.05, 3.63) is 75.0 Å². The molecule has 3 aromatic rings. The van der Waals surface area contributed by atoms with Crippen molar-refractivity contribution >= 4 is 39.5 Å². The minimum Gasteiger partial charge on any atom is -0.366 e. The van der Waals surface area contributed by atoms with E-state index in [1.54, 1.807) is 34.9 Å². The average Bonchev–Trinajstić information content (AvgIpc) is 3.28. The van der Waals surface area contributed by atoms with Gasteiger partial charge in [0.1, 0.15) is 10.8 Å². The number of primary amides is 1. The van der Waals surface area contributed by atoms with Crippen molar-refractivity contribution in [2.24, 2.45) is 5.73 Å². The van der Waals surface area contributed by atoms with Gasteiger partial charge >= 0.3 is 0 Å². The minimum atomic E-state index is -0.586. The Balaban J connectivity index is 1.70. The molecule has 3 rings (SSSR count). The lowest BCUT2D eigenvalue weighted by atomic mass is 10.1. The number of nitrogens with one attached hydrogen (secondary N) is 2. The van der Waals surface area contributed by atoms with E-state index in [1.165, 1.54) is 23.5 Å². The first kappa shape index (κ1) is 18.2. The van der Waals surface area contributed by atoms with Crippen molar-refractivity contribution in [2.75, 3.05) is 11.9 Å². The summed E-state index contributed by atoms with van der Waals surface area (Å²) in [7, 11) is 0. The van der Waals surface area contributed by atoms with Gasteiger partial charge in [0.25, 0.3) is 5.91 Å². The van der Waals surface area contributed by atoms with Crippen LogP contribution in [0, 0.1) is 5.82 Å². The Bertz CT molecular complexity index is 892. The number of hydrogen-bond donors (Lipinski definition) is 3. The highest BCUT2D eigenvalue weighted by molar-refractivity contribution is 7.14. The number of benzene rings is 1. The standard InChI is InChI=1S/C18H16FN3O2S2/c19-12-5-3-11(4-6-12)16(14-2-1-8-25-14)21-10-15(23)22-18-13(17(20)24)7-9-26-18/h1-9,16,21H,10H2,(H2,20,24)(H,22,23)/t16-/m0/s1. The molecule has 0 aliphatic rings. The summed E-state index contributed by atoms with van der Waals surface area (Å²) in [6, 6.07) is 11.4. The number of rotatable bonds is 7. The Labute approximate surface area is 157 Å². The summed E-state index contributed by atoms with van der Waals surface area (Å²) in [5, 5.41) is 9.94. The predicted molar refractivity (Wildman–Crippen MR) is 102 cm³/mol. The summed E-state index contributed by atoms with van der Waals surface area (Å²) >= 11 is 2.78. The Kier molecular flexibility index (Phi) is 5.77. The lowest BCUT2D eigenvalue weighted by molar-refractivity contribution is -0.115. The number of nitrogens with two attached hydrogens (primary N) is 1. The second kappa shape index (κ2) is 8.22. The molecule has 0 saturated carbocycles. The summed E-state index contributed by atoms with van der Waals surface area (Å²) in [4.78, 5) is 24.6. The molecule has 0 fully saturated rings. The van der Waals surface area contributed by atoms with Crippen molar-refractivity contribution in [1.29, 1.82) is 0 Å². The highest BCUT2D eigenvalue weighted by Crippen LogP contribution is 2.26. The fourth-order valence-electron chi connectivity index (χ4n) is 2.46. The van der Waals surface area contributed by atoms with Gasteiger partial charge in [0, 0.05) is 4.88 Å². The fourth-order valence-corrected chi connectivity index (χ4v) is 4.09. The highest BCUT2D eigenvalue weighted by Gasteiger charge is 2.17. The molecule has 1 aromatic carbocycles. The molecule has 0 spiro atoms. The Morgan fingerprint density at radius 2 is 1.85 bits per heavy atom. The largest absolute Gasteiger partial charge is 0.366 e.